The van der Waals surface area contributed by atoms with E-state index in [-0.39, 0.29) is 36.1 Å². The number of aromatic nitrogens is 1. The summed E-state index contributed by atoms with van der Waals surface area (Å²) in [5.41, 5.74) is 5.98. The fraction of sp³-hybridized carbons (Fsp3) is 0.647. The molecular weight excluding hydrogens is 347 g/mol. The van der Waals surface area contributed by atoms with Crippen molar-refractivity contribution in [1.82, 2.24) is 10.3 Å². The molecule has 138 valence electrons. The predicted octanol–water partition coefficient (Wildman–Crippen LogP) is 3.14. The van der Waals surface area contributed by atoms with Crippen LogP contribution in [-0.2, 0) is 4.79 Å². The SMILES string of the molecule is Cl.Cl.NCC1(CC(=O)NCCCNc2ccccn2)CCCCC1. The van der Waals surface area contributed by atoms with E-state index in [4.69, 9.17) is 5.73 Å². The summed E-state index contributed by atoms with van der Waals surface area (Å²) in [6, 6.07) is 5.78. The van der Waals surface area contributed by atoms with Crippen molar-refractivity contribution in [2.75, 3.05) is 25.0 Å². The maximum absolute atomic E-state index is 12.1. The lowest BCUT2D eigenvalue weighted by Gasteiger charge is -2.35. The standard InChI is InChI=1S/C17H28N4O.2ClH/c18-14-17(8-3-1-4-9-17)13-16(22)21-12-6-11-20-15-7-2-5-10-19-15;;/h2,5,7,10H,1,3-4,6,8-9,11-14,18H2,(H,19,20)(H,21,22);2*1H. The Morgan fingerprint density at radius 3 is 2.54 bits per heavy atom. The van der Waals surface area contributed by atoms with E-state index in [9.17, 15) is 4.79 Å². The highest BCUT2D eigenvalue weighted by molar-refractivity contribution is 5.85. The molecule has 0 saturated heterocycles. The van der Waals surface area contributed by atoms with Crippen LogP contribution in [0.2, 0.25) is 0 Å². The Labute approximate surface area is 157 Å². The van der Waals surface area contributed by atoms with Crippen molar-refractivity contribution in [3.8, 4) is 0 Å². The molecule has 1 heterocycles. The topological polar surface area (TPSA) is 80.0 Å². The number of rotatable bonds is 8. The van der Waals surface area contributed by atoms with Crippen molar-refractivity contribution < 1.29 is 4.79 Å². The highest BCUT2D eigenvalue weighted by atomic mass is 35.5. The van der Waals surface area contributed by atoms with Crippen LogP contribution in [0, 0.1) is 5.41 Å². The fourth-order valence-corrected chi connectivity index (χ4v) is 3.16. The van der Waals surface area contributed by atoms with Crippen LogP contribution in [0.3, 0.4) is 0 Å². The van der Waals surface area contributed by atoms with Crippen LogP contribution in [0.25, 0.3) is 0 Å². The summed E-state index contributed by atoms with van der Waals surface area (Å²) in [4.78, 5) is 16.3. The lowest BCUT2D eigenvalue weighted by molar-refractivity contribution is -0.123. The van der Waals surface area contributed by atoms with Crippen molar-refractivity contribution in [1.29, 1.82) is 0 Å². The minimum atomic E-state index is 0. The minimum absolute atomic E-state index is 0. The Kier molecular flexibility index (Phi) is 11.8. The molecule has 5 nitrogen and oxygen atoms in total. The summed E-state index contributed by atoms with van der Waals surface area (Å²) in [5, 5.41) is 6.26. The minimum Gasteiger partial charge on any atom is -0.370 e. The molecule has 1 amide bonds. The second-order valence-corrected chi connectivity index (χ2v) is 6.29. The molecule has 24 heavy (non-hydrogen) atoms. The second kappa shape index (κ2) is 12.3. The Morgan fingerprint density at radius 2 is 1.92 bits per heavy atom. The molecule has 0 radical (unpaired) electrons. The Bertz CT molecular complexity index is 453. The van der Waals surface area contributed by atoms with Gasteiger partial charge < -0.3 is 16.4 Å². The van der Waals surface area contributed by atoms with Gasteiger partial charge in [0.25, 0.3) is 0 Å². The molecule has 0 aliphatic heterocycles. The lowest BCUT2D eigenvalue weighted by atomic mass is 9.71. The van der Waals surface area contributed by atoms with Crippen LogP contribution in [0.4, 0.5) is 5.82 Å². The molecule has 1 aromatic heterocycles. The van der Waals surface area contributed by atoms with Crippen LogP contribution < -0.4 is 16.4 Å². The van der Waals surface area contributed by atoms with E-state index in [1.54, 1.807) is 6.20 Å². The summed E-state index contributed by atoms with van der Waals surface area (Å²) in [6.45, 7) is 2.13. The first-order valence-electron chi connectivity index (χ1n) is 8.36. The van der Waals surface area contributed by atoms with Gasteiger partial charge in [0.05, 0.1) is 0 Å². The zero-order valence-corrected chi connectivity index (χ0v) is 15.8. The van der Waals surface area contributed by atoms with Gasteiger partial charge in [0.1, 0.15) is 5.82 Å². The molecule has 1 fully saturated rings. The van der Waals surface area contributed by atoms with Gasteiger partial charge >= 0.3 is 0 Å². The first-order valence-corrected chi connectivity index (χ1v) is 8.36. The number of carbonyl (C=O) groups excluding carboxylic acids is 1. The maximum Gasteiger partial charge on any atom is 0.220 e. The molecule has 2 rings (SSSR count). The number of anilines is 1. The fourth-order valence-electron chi connectivity index (χ4n) is 3.16. The van der Waals surface area contributed by atoms with E-state index in [1.165, 1.54) is 19.3 Å². The number of hydrogen-bond donors (Lipinski definition) is 3. The zero-order valence-electron chi connectivity index (χ0n) is 14.1. The number of halogens is 2. The summed E-state index contributed by atoms with van der Waals surface area (Å²) in [6.07, 6.45) is 9.12. The first-order chi connectivity index (χ1) is 10.7. The summed E-state index contributed by atoms with van der Waals surface area (Å²) >= 11 is 0. The summed E-state index contributed by atoms with van der Waals surface area (Å²) in [5.74, 6) is 1.02. The Balaban J connectivity index is 0.00000264. The van der Waals surface area contributed by atoms with E-state index in [0.717, 1.165) is 31.6 Å². The van der Waals surface area contributed by atoms with Crippen molar-refractivity contribution in [2.24, 2.45) is 11.1 Å². The quantitative estimate of drug-likeness (QED) is 0.608. The number of carbonyl (C=O) groups is 1. The second-order valence-electron chi connectivity index (χ2n) is 6.29. The molecule has 1 aliphatic rings. The predicted molar refractivity (Wildman–Crippen MR) is 104 cm³/mol. The third-order valence-electron chi connectivity index (χ3n) is 4.53. The average Bonchev–Trinajstić information content (AvgIpc) is 2.56. The van der Waals surface area contributed by atoms with Gasteiger partial charge in [-0.15, -0.1) is 24.8 Å². The van der Waals surface area contributed by atoms with Crippen LogP contribution >= 0.6 is 24.8 Å². The number of nitrogens with two attached hydrogens (primary N) is 1. The molecule has 0 unspecified atom stereocenters. The lowest BCUT2D eigenvalue weighted by Crippen LogP contribution is -2.39. The van der Waals surface area contributed by atoms with Gasteiger partial charge in [0, 0.05) is 25.7 Å². The molecule has 0 bridgehead atoms. The molecule has 0 aromatic carbocycles. The van der Waals surface area contributed by atoms with Crippen LogP contribution in [-0.4, -0.2) is 30.5 Å². The van der Waals surface area contributed by atoms with Gasteiger partial charge in [0.2, 0.25) is 5.91 Å². The first kappa shape index (κ1) is 23.0. The normalized spacial score (nSPS) is 15.5. The van der Waals surface area contributed by atoms with Crippen LogP contribution in [0.15, 0.2) is 24.4 Å². The largest absolute Gasteiger partial charge is 0.370 e. The molecule has 4 N–H and O–H groups in total. The van der Waals surface area contributed by atoms with E-state index in [2.05, 4.69) is 15.6 Å². The van der Waals surface area contributed by atoms with Gasteiger partial charge in [-0.3, -0.25) is 4.79 Å². The van der Waals surface area contributed by atoms with Gasteiger partial charge in [-0.25, -0.2) is 4.98 Å². The Morgan fingerprint density at radius 1 is 1.17 bits per heavy atom. The van der Waals surface area contributed by atoms with Crippen LogP contribution in [0.5, 0.6) is 0 Å². The van der Waals surface area contributed by atoms with Gasteiger partial charge in [-0.2, -0.15) is 0 Å². The molecule has 1 aliphatic carbocycles. The molecular formula is C17H30Cl2N4O. The monoisotopic (exact) mass is 376 g/mol. The van der Waals surface area contributed by atoms with Gasteiger partial charge in [-0.1, -0.05) is 25.3 Å². The average molecular weight is 377 g/mol. The van der Waals surface area contributed by atoms with Crippen molar-refractivity contribution in [2.45, 2.75) is 44.9 Å². The highest BCUT2D eigenvalue weighted by Gasteiger charge is 2.32. The Hall–Kier alpha value is -1.04. The van der Waals surface area contributed by atoms with E-state index >= 15 is 0 Å². The van der Waals surface area contributed by atoms with Gasteiger partial charge in [-0.05, 0) is 43.4 Å². The molecule has 1 aromatic rings. The zero-order chi connectivity index (χ0) is 15.7. The number of nitrogens with one attached hydrogen (secondary N) is 2. The third-order valence-corrected chi connectivity index (χ3v) is 4.53. The van der Waals surface area contributed by atoms with Crippen molar-refractivity contribution in [3.05, 3.63) is 24.4 Å². The smallest absolute Gasteiger partial charge is 0.220 e. The van der Waals surface area contributed by atoms with E-state index < -0.39 is 0 Å². The van der Waals surface area contributed by atoms with Crippen molar-refractivity contribution >= 4 is 36.5 Å². The number of nitrogens with zero attached hydrogens (tertiary/aromatic N) is 1. The summed E-state index contributed by atoms with van der Waals surface area (Å²) in [7, 11) is 0. The van der Waals surface area contributed by atoms with Gasteiger partial charge in [0.15, 0.2) is 0 Å². The third kappa shape index (κ3) is 7.69. The van der Waals surface area contributed by atoms with Crippen molar-refractivity contribution in [3.63, 3.8) is 0 Å². The van der Waals surface area contributed by atoms with Crippen LogP contribution in [0.1, 0.15) is 44.9 Å². The maximum atomic E-state index is 12.1. The number of pyridine rings is 1. The number of hydrogen-bond acceptors (Lipinski definition) is 4. The molecule has 0 atom stereocenters. The molecule has 0 spiro atoms. The summed E-state index contributed by atoms with van der Waals surface area (Å²) < 4.78 is 0. The number of amides is 1. The van der Waals surface area contributed by atoms with E-state index in [1.807, 2.05) is 18.2 Å². The molecule has 7 heteroatoms. The highest BCUT2D eigenvalue weighted by Crippen LogP contribution is 2.38. The molecule has 1 saturated carbocycles. The van der Waals surface area contributed by atoms with E-state index in [0.29, 0.717) is 19.5 Å².